The van der Waals surface area contributed by atoms with Crippen molar-refractivity contribution < 1.29 is 13.9 Å². The van der Waals surface area contributed by atoms with E-state index in [4.69, 9.17) is 0 Å². The normalized spacial score (nSPS) is 18.3. The predicted molar refractivity (Wildman–Crippen MR) is 113 cm³/mol. The van der Waals surface area contributed by atoms with E-state index in [1.807, 2.05) is 43.0 Å². The van der Waals surface area contributed by atoms with Crippen LogP contribution in [0.3, 0.4) is 0 Å². The molecule has 0 atom stereocenters. The van der Waals surface area contributed by atoms with E-state index in [0.29, 0.717) is 6.54 Å². The second kappa shape index (κ2) is 9.42. The third-order valence-corrected chi connectivity index (χ3v) is 6.16. The van der Waals surface area contributed by atoms with Crippen LogP contribution >= 0.6 is 0 Å². The van der Waals surface area contributed by atoms with Crippen LogP contribution in [-0.4, -0.2) is 48.6 Å². The van der Waals surface area contributed by atoms with E-state index >= 15 is 0 Å². The lowest BCUT2D eigenvalue weighted by Gasteiger charge is -2.20. The van der Waals surface area contributed by atoms with Gasteiger partial charge in [-0.3, -0.25) is 9.80 Å². The maximum atomic E-state index is 12.7. The Morgan fingerprint density at radius 3 is 2.28 bits per heavy atom. The van der Waals surface area contributed by atoms with Crippen molar-refractivity contribution >= 4 is 5.91 Å². The maximum Gasteiger partial charge on any atom is 0.406 e. The molecule has 4 rings (SSSR count). The van der Waals surface area contributed by atoms with Crippen molar-refractivity contribution in [2.75, 3.05) is 32.8 Å². The molecule has 2 aliphatic rings. The summed E-state index contributed by atoms with van der Waals surface area (Å²) in [7, 11) is 0. The molecule has 0 unspecified atom stereocenters. The molecular weight excluding hydrogens is 360 g/mol. The zero-order chi connectivity index (χ0) is 20.1. The lowest BCUT2D eigenvalue weighted by molar-refractivity contribution is -0.686. The predicted octanol–water partition coefficient (Wildman–Crippen LogP) is 2.52. The molecule has 29 heavy (non-hydrogen) atoms. The smallest absolute Gasteiger partial charge is 0.289 e. The van der Waals surface area contributed by atoms with Crippen LogP contribution in [0.1, 0.15) is 30.5 Å². The average molecular weight is 393 g/mol. The van der Waals surface area contributed by atoms with Gasteiger partial charge in [0.05, 0.1) is 6.67 Å². The van der Waals surface area contributed by atoms with Crippen molar-refractivity contribution in [3.63, 3.8) is 0 Å². The molecule has 152 valence electrons. The molecule has 3 heterocycles. The van der Waals surface area contributed by atoms with Gasteiger partial charge in [-0.1, -0.05) is 19.4 Å². The second-order valence-electron chi connectivity index (χ2n) is 8.38. The summed E-state index contributed by atoms with van der Waals surface area (Å²) in [5, 5.41) is 0. The van der Waals surface area contributed by atoms with Gasteiger partial charge in [-0.25, -0.2) is 9.36 Å². The minimum atomic E-state index is 0.135. The Bertz CT molecular complexity index is 825. The molecule has 1 saturated heterocycles. The quantitative estimate of drug-likeness (QED) is 0.536. The van der Waals surface area contributed by atoms with Crippen LogP contribution in [0.2, 0.25) is 0 Å². The summed E-state index contributed by atoms with van der Waals surface area (Å²) in [5.41, 5.74) is 2.26. The highest BCUT2D eigenvalue weighted by Crippen LogP contribution is 2.26. The molecule has 1 saturated carbocycles. The van der Waals surface area contributed by atoms with Crippen LogP contribution in [0.5, 0.6) is 0 Å². The van der Waals surface area contributed by atoms with E-state index < -0.39 is 0 Å². The number of rotatable bonds is 7. The molecule has 2 aromatic heterocycles. The van der Waals surface area contributed by atoms with Crippen molar-refractivity contribution in [2.24, 2.45) is 5.92 Å². The molecular formula is C24H32N4O+2. The molecule has 0 bridgehead atoms. The standard InChI is InChI=1S/C24H32N4O/c1-2-11-25-12-7-22(8-13-25)23-9-14-28(15-10-23)24(29)19-27-17-16-26(20-27)18-21-5-3-4-6-21/h2,7-10,12-15,21H,1,3-6,11,16-20H2/q+2. The lowest BCUT2D eigenvalue weighted by atomic mass is 10.1. The molecule has 0 radical (unpaired) electrons. The van der Waals surface area contributed by atoms with Gasteiger partial charge in [0.15, 0.2) is 31.3 Å². The Morgan fingerprint density at radius 2 is 1.62 bits per heavy atom. The first-order chi connectivity index (χ1) is 14.2. The molecule has 5 heteroatoms. The summed E-state index contributed by atoms with van der Waals surface area (Å²) < 4.78 is 3.79. The Labute approximate surface area is 173 Å². The zero-order valence-electron chi connectivity index (χ0n) is 17.2. The zero-order valence-corrected chi connectivity index (χ0v) is 17.2. The van der Waals surface area contributed by atoms with Gasteiger partial charge in [0.2, 0.25) is 0 Å². The molecule has 2 aromatic rings. The summed E-state index contributed by atoms with van der Waals surface area (Å²) in [4.78, 5) is 17.5. The van der Waals surface area contributed by atoms with E-state index in [0.717, 1.165) is 43.3 Å². The minimum Gasteiger partial charge on any atom is -0.289 e. The lowest BCUT2D eigenvalue weighted by Crippen LogP contribution is -2.48. The van der Waals surface area contributed by atoms with E-state index in [2.05, 4.69) is 33.1 Å². The molecule has 1 aliphatic carbocycles. The summed E-state index contributed by atoms with van der Waals surface area (Å²) in [6.07, 6.45) is 15.3. The Hall–Kier alpha value is -2.37. The van der Waals surface area contributed by atoms with Crippen LogP contribution in [0.4, 0.5) is 0 Å². The molecule has 0 N–H and O–H groups in total. The Balaban J connectivity index is 1.30. The summed E-state index contributed by atoms with van der Waals surface area (Å²) in [6, 6.07) is 8.21. The fraction of sp³-hybridized carbons (Fsp3) is 0.458. The van der Waals surface area contributed by atoms with Gasteiger partial charge in [0.25, 0.3) is 0 Å². The van der Waals surface area contributed by atoms with Gasteiger partial charge >= 0.3 is 5.91 Å². The van der Waals surface area contributed by atoms with E-state index in [1.165, 1.54) is 32.2 Å². The highest BCUT2D eigenvalue weighted by atomic mass is 16.2. The summed E-state index contributed by atoms with van der Waals surface area (Å²) >= 11 is 0. The molecule has 1 aliphatic heterocycles. The number of aromatic nitrogens is 2. The fourth-order valence-electron chi connectivity index (χ4n) is 4.52. The molecule has 0 spiro atoms. The van der Waals surface area contributed by atoms with E-state index in [1.54, 1.807) is 4.57 Å². The first-order valence-corrected chi connectivity index (χ1v) is 10.8. The Morgan fingerprint density at radius 1 is 1.00 bits per heavy atom. The molecule has 2 fully saturated rings. The van der Waals surface area contributed by atoms with Gasteiger partial charge in [-0.2, -0.15) is 0 Å². The van der Waals surface area contributed by atoms with E-state index in [-0.39, 0.29) is 5.91 Å². The number of hydrogen-bond acceptors (Lipinski definition) is 3. The average Bonchev–Trinajstić information content (AvgIpc) is 3.41. The van der Waals surface area contributed by atoms with Gasteiger partial charge in [0.1, 0.15) is 6.54 Å². The highest BCUT2D eigenvalue weighted by Gasteiger charge is 2.27. The van der Waals surface area contributed by atoms with Crippen molar-refractivity contribution in [2.45, 2.75) is 32.2 Å². The van der Waals surface area contributed by atoms with Crippen LogP contribution in [-0.2, 0) is 6.54 Å². The van der Waals surface area contributed by atoms with Crippen molar-refractivity contribution in [3.05, 3.63) is 61.7 Å². The van der Waals surface area contributed by atoms with Gasteiger partial charge < -0.3 is 0 Å². The van der Waals surface area contributed by atoms with Gasteiger partial charge in [0, 0.05) is 43.9 Å². The van der Waals surface area contributed by atoms with Crippen LogP contribution < -0.4 is 9.13 Å². The highest BCUT2D eigenvalue weighted by molar-refractivity contribution is 5.69. The largest absolute Gasteiger partial charge is 0.406 e. The number of carbonyl (C=O) groups is 1. The molecule has 0 amide bonds. The number of allylic oxidation sites excluding steroid dienone is 1. The van der Waals surface area contributed by atoms with Crippen LogP contribution in [0.15, 0.2) is 61.7 Å². The number of pyridine rings is 2. The summed E-state index contributed by atoms with van der Waals surface area (Å²) in [6.45, 7) is 9.27. The Kier molecular flexibility index (Phi) is 6.47. The summed E-state index contributed by atoms with van der Waals surface area (Å²) in [5.74, 6) is 1.01. The number of carbonyl (C=O) groups excluding carboxylic acids is 1. The first-order valence-electron chi connectivity index (χ1n) is 10.8. The monoisotopic (exact) mass is 392 g/mol. The molecule has 0 aromatic carbocycles. The van der Waals surface area contributed by atoms with Crippen molar-refractivity contribution in [3.8, 4) is 11.1 Å². The number of hydrogen-bond donors (Lipinski definition) is 0. The van der Waals surface area contributed by atoms with E-state index in [9.17, 15) is 4.79 Å². The minimum absolute atomic E-state index is 0.135. The van der Waals surface area contributed by atoms with Crippen LogP contribution in [0, 0.1) is 5.92 Å². The topological polar surface area (TPSA) is 31.3 Å². The fourth-order valence-corrected chi connectivity index (χ4v) is 4.52. The maximum absolute atomic E-state index is 12.7. The number of nitrogens with zero attached hydrogens (tertiary/aromatic N) is 4. The SMILES string of the molecule is C=CC[n+]1ccc(-c2cc[n+](C(=O)CN3CCN(CC4CCCC4)C3)cc2)cc1. The third-order valence-electron chi connectivity index (χ3n) is 6.16. The van der Waals surface area contributed by atoms with Gasteiger partial charge in [-0.05, 0) is 36.0 Å². The van der Waals surface area contributed by atoms with Crippen molar-refractivity contribution in [1.82, 2.24) is 9.80 Å². The van der Waals surface area contributed by atoms with Crippen LogP contribution in [0.25, 0.3) is 11.1 Å². The first kappa shape index (κ1) is 19.9. The van der Waals surface area contributed by atoms with Crippen molar-refractivity contribution in [1.29, 1.82) is 0 Å². The molecule has 5 nitrogen and oxygen atoms in total. The second-order valence-corrected chi connectivity index (χ2v) is 8.38. The third kappa shape index (κ3) is 5.17. The van der Waals surface area contributed by atoms with Gasteiger partial charge in [-0.15, -0.1) is 4.57 Å².